The number of benzene rings is 4. The number of rotatable bonds is 11. The fourth-order valence-corrected chi connectivity index (χ4v) is 5.44. The lowest BCUT2D eigenvalue weighted by Gasteiger charge is -2.24. The molecule has 2 amide bonds. The number of nitrogens with zero attached hydrogens (tertiary/aromatic N) is 2. The summed E-state index contributed by atoms with van der Waals surface area (Å²) in [6.45, 7) is -1.11. The number of carbonyl (C=O) groups excluding carboxylic acids is 2. The van der Waals surface area contributed by atoms with Gasteiger partial charge in [-0.15, -0.1) is 0 Å². The number of hydrogen-bond donors (Lipinski definition) is 2. The van der Waals surface area contributed by atoms with Crippen molar-refractivity contribution in [2.24, 2.45) is 5.10 Å². The van der Waals surface area contributed by atoms with E-state index in [0.717, 1.165) is 12.1 Å². The van der Waals surface area contributed by atoms with Gasteiger partial charge in [-0.25, -0.2) is 13.8 Å². The first kappa shape index (κ1) is 32.0. The number of hydrazone groups is 1. The van der Waals surface area contributed by atoms with Gasteiger partial charge >= 0.3 is 6.18 Å². The number of amides is 2. The first-order valence-corrected chi connectivity index (χ1v) is 14.6. The summed E-state index contributed by atoms with van der Waals surface area (Å²) >= 11 is 5.71. The summed E-state index contributed by atoms with van der Waals surface area (Å²) in [5.41, 5.74) is 1.66. The number of anilines is 2. The van der Waals surface area contributed by atoms with Crippen molar-refractivity contribution in [2.45, 2.75) is 11.1 Å². The third-order valence-corrected chi connectivity index (χ3v) is 7.99. The van der Waals surface area contributed by atoms with Gasteiger partial charge in [0, 0.05) is 5.69 Å². The van der Waals surface area contributed by atoms with Crippen LogP contribution in [0.4, 0.5) is 24.5 Å². The molecule has 0 aliphatic carbocycles. The molecular weight excluding hydrogens is 621 g/mol. The van der Waals surface area contributed by atoms with Gasteiger partial charge < -0.3 is 10.1 Å². The second-order valence-electron chi connectivity index (χ2n) is 9.05. The second kappa shape index (κ2) is 14.1. The van der Waals surface area contributed by atoms with Crippen molar-refractivity contribution in [1.82, 2.24) is 5.43 Å². The van der Waals surface area contributed by atoms with Gasteiger partial charge in [-0.1, -0.05) is 48.0 Å². The van der Waals surface area contributed by atoms with Crippen LogP contribution in [0.3, 0.4) is 0 Å². The Kier molecular flexibility index (Phi) is 10.2. The Morgan fingerprint density at radius 1 is 0.886 bits per heavy atom. The summed E-state index contributed by atoms with van der Waals surface area (Å²) in [6.07, 6.45) is -3.60. The van der Waals surface area contributed by atoms with Gasteiger partial charge in [0.1, 0.15) is 12.3 Å². The van der Waals surface area contributed by atoms with E-state index in [1.807, 2.05) is 6.07 Å². The minimum Gasteiger partial charge on any atom is -0.484 e. The molecule has 0 atom stereocenters. The minimum atomic E-state index is -4.86. The van der Waals surface area contributed by atoms with Crippen LogP contribution in [0.5, 0.6) is 5.75 Å². The van der Waals surface area contributed by atoms with Crippen LogP contribution in [-0.4, -0.2) is 39.6 Å². The molecule has 0 fully saturated rings. The number of sulfonamides is 1. The van der Waals surface area contributed by atoms with Crippen molar-refractivity contribution in [1.29, 1.82) is 0 Å². The normalized spacial score (nSPS) is 11.6. The number of halogens is 4. The van der Waals surface area contributed by atoms with Gasteiger partial charge in [0.2, 0.25) is 0 Å². The van der Waals surface area contributed by atoms with Crippen LogP contribution in [0.15, 0.2) is 113 Å². The molecule has 0 aliphatic heterocycles. The van der Waals surface area contributed by atoms with Crippen LogP contribution in [0.25, 0.3) is 0 Å². The molecule has 0 aromatic heterocycles. The number of carbonyl (C=O) groups is 2. The van der Waals surface area contributed by atoms with Gasteiger partial charge in [0.15, 0.2) is 6.61 Å². The number of para-hydroxylation sites is 1. The molecule has 0 spiro atoms. The van der Waals surface area contributed by atoms with Crippen molar-refractivity contribution < 1.29 is 35.9 Å². The van der Waals surface area contributed by atoms with E-state index in [0.29, 0.717) is 27.4 Å². The Bertz CT molecular complexity index is 1740. The van der Waals surface area contributed by atoms with Crippen LogP contribution in [0.1, 0.15) is 11.1 Å². The molecule has 4 aromatic rings. The van der Waals surface area contributed by atoms with Crippen LogP contribution in [0, 0.1) is 0 Å². The summed E-state index contributed by atoms with van der Waals surface area (Å²) in [4.78, 5) is 24.6. The van der Waals surface area contributed by atoms with Crippen molar-refractivity contribution >= 4 is 51.0 Å². The molecule has 0 heterocycles. The van der Waals surface area contributed by atoms with E-state index in [-0.39, 0.29) is 17.4 Å². The van der Waals surface area contributed by atoms with E-state index in [1.54, 1.807) is 54.6 Å². The lowest BCUT2D eigenvalue weighted by Crippen LogP contribution is -2.39. The smallest absolute Gasteiger partial charge is 0.417 e. The van der Waals surface area contributed by atoms with Gasteiger partial charge in [-0.2, -0.15) is 18.3 Å². The third-order valence-electron chi connectivity index (χ3n) is 5.87. The molecule has 4 rings (SSSR count). The molecule has 228 valence electrons. The van der Waals surface area contributed by atoms with E-state index in [2.05, 4.69) is 15.8 Å². The highest BCUT2D eigenvalue weighted by Crippen LogP contribution is 2.38. The standard InChI is InChI=1S/C30H24ClF3N4O5S/c31-27-16-13-23(17-26(27)30(32,33)34)38(44(41,42)25-9-5-2-6-10-25)19-28(39)37-35-18-21-11-14-24(15-12-21)43-20-29(40)36-22-7-3-1-4-8-22/h1-18H,19-20H2,(H,36,40)(H,37,39)/b35-18-. The van der Waals surface area contributed by atoms with E-state index < -0.39 is 44.9 Å². The Labute approximate surface area is 256 Å². The summed E-state index contributed by atoms with van der Waals surface area (Å²) in [6, 6.07) is 24.7. The third kappa shape index (κ3) is 8.58. The summed E-state index contributed by atoms with van der Waals surface area (Å²) in [5, 5.41) is 5.88. The Morgan fingerprint density at radius 2 is 1.52 bits per heavy atom. The van der Waals surface area contributed by atoms with Crippen LogP contribution >= 0.6 is 11.6 Å². The maximum Gasteiger partial charge on any atom is 0.417 e. The maximum atomic E-state index is 13.5. The highest BCUT2D eigenvalue weighted by Gasteiger charge is 2.35. The highest BCUT2D eigenvalue weighted by molar-refractivity contribution is 7.92. The molecule has 0 radical (unpaired) electrons. The van der Waals surface area contributed by atoms with Crippen molar-refractivity contribution in [3.8, 4) is 5.75 Å². The number of hydrogen-bond acceptors (Lipinski definition) is 6. The Hall–Kier alpha value is -4.88. The summed E-state index contributed by atoms with van der Waals surface area (Å²) < 4.78 is 73.3. The first-order chi connectivity index (χ1) is 20.9. The molecule has 0 bridgehead atoms. The molecule has 4 aromatic carbocycles. The van der Waals surface area contributed by atoms with Gasteiger partial charge in [0.25, 0.3) is 21.8 Å². The average molecular weight is 645 g/mol. The first-order valence-electron chi connectivity index (χ1n) is 12.8. The molecule has 44 heavy (non-hydrogen) atoms. The lowest BCUT2D eigenvalue weighted by molar-refractivity contribution is -0.137. The van der Waals surface area contributed by atoms with Gasteiger partial charge in [-0.3, -0.25) is 13.9 Å². The molecule has 0 unspecified atom stereocenters. The molecular formula is C30H24ClF3N4O5S. The SMILES string of the molecule is O=C(CN(c1ccc(Cl)c(C(F)(F)F)c1)S(=O)(=O)c1ccccc1)N/N=C\c1ccc(OCC(=O)Nc2ccccc2)cc1. The monoisotopic (exact) mass is 644 g/mol. The molecule has 2 N–H and O–H groups in total. The van der Waals surface area contributed by atoms with Crippen molar-refractivity contribution in [3.05, 3.63) is 119 Å². The van der Waals surface area contributed by atoms with E-state index in [9.17, 15) is 31.2 Å². The minimum absolute atomic E-state index is 0.223. The molecule has 14 heteroatoms. The number of nitrogens with one attached hydrogen (secondary N) is 2. The van der Waals surface area contributed by atoms with E-state index in [4.69, 9.17) is 16.3 Å². The van der Waals surface area contributed by atoms with Crippen LogP contribution < -0.4 is 19.8 Å². The number of ether oxygens (including phenoxy) is 1. The largest absolute Gasteiger partial charge is 0.484 e. The second-order valence-corrected chi connectivity index (χ2v) is 11.3. The molecule has 0 saturated heterocycles. The fraction of sp³-hybridized carbons (Fsp3) is 0.100. The fourth-order valence-electron chi connectivity index (χ4n) is 3.78. The zero-order valence-electron chi connectivity index (χ0n) is 22.7. The van der Waals surface area contributed by atoms with Crippen molar-refractivity contribution in [2.75, 3.05) is 22.8 Å². The average Bonchev–Trinajstić information content (AvgIpc) is 3.00. The lowest BCUT2D eigenvalue weighted by atomic mass is 10.2. The van der Waals surface area contributed by atoms with Crippen molar-refractivity contribution in [3.63, 3.8) is 0 Å². The highest BCUT2D eigenvalue weighted by atomic mass is 35.5. The number of alkyl halides is 3. The predicted molar refractivity (Wildman–Crippen MR) is 160 cm³/mol. The zero-order chi connectivity index (χ0) is 31.7. The van der Waals surface area contributed by atoms with Crippen LogP contribution in [0.2, 0.25) is 5.02 Å². The zero-order valence-corrected chi connectivity index (χ0v) is 24.2. The molecule has 0 aliphatic rings. The Morgan fingerprint density at radius 3 is 2.16 bits per heavy atom. The van der Waals surface area contributed by atoms with Gasteiger partial charge in [0.05, 0.1) is 27.4 Å². The van der Waals surface area contributed by atoms with Gasteiger partial charge in [-0.05, 0) is 72.3 Å². The molecule has 0 saturated carbocycles. The topological polar surface area (TPSA) is 117 Å². The quantitative estimate of drug-likeness (QED) is 0.160. The van der Waals surface area contributed by atoms with E-state index in [1.165, 1.54) is 30.5 Å². The Balaban J connectivity index is 1.41. The maximum absolute atomic E-state index is 13.5. The summed E-state index contributed by atoms with van der Waals surface area (Å²) in [7, 11) is -4.47. The van der Waals surface area contributed by atoms with Crippen LogP contribution in [-0.2, 0) is 25.8 Å². The summed E-state index contributed by atoms with van der Waals surface area (Å²) in [5.74, 6) is -0.868. The predicted octanol–water partition coefficient (Wildman–Crippen LogP) is 5.72. The van der Waals surface area contributed by atoms with E-state index >= 15 is 0 Å². The molecule has 9 nitrogen and oxygen atoms in total.